The summed E-state index contributed by atoms with van der Waals surface area (Å²) in [6, 6.07) is 8.31. The highest BCUT2D eigenvalue weighted by atomic mass is 127. The van der Waals surface area contributed by atoms with E-state index in [2.05, 4.69) is 52.8 Å². The first-order chi connectivity index (χ1) is 13.6. The Morgan fingerprint density at radius 1 is 1.24 bits per heavy atom. The van der Waals surface area contributed by atoms with Crippen molar-refractivity contribution in [2.45, 2.75) is 37.5 Å². The van der Waals surface area contributed by atoms with Crippen LogP contribution in [0.2, 0.25) is 5.02 Å². The molecule has 1 aromatic carbocycles. The van der Waals surface area contributed by atoms with E-state index in [4.69, 9.17) is 16.3 Å². The zero-order chi connectivity index (χ0) is 20.4. The minimum atomic E-state index is 0. The van der Waals surface area contributed by atoms with Gasteiger partial charge in [0.15, 0.2) is 5.96 Å². The van der Waals surface area contributed by atoms with Crippen LogP contribution in [0.3, 0.4) is 0 Å². The number of ether oxygens (including phenoxy) is 1. The van der Waals surface area contributed by atoms with Gasteiger partial charge in [-0.1, -0.05) is 43.6 Å². The molecule has 8 heteroatoms. The maximum absolute atomic E-state index is 6.51. The Morgan fingerprint density at radius 3 is 2.45 bits per heavy atom. The number of hydrogen-bond acceptors (Lipinski definition) is 4. The molecule has 0 aliphatic carbocycles. The number of benzene rings is 1. The van der Waals surface area contributed by atoms with E-state index in [0.29, 0.717) is 0 Å². The second-order valence-corrected chi connectivity index (χ2v) is 8.75. The highest BCUT2D eigenvalue weighted by molar-refractivity contribution is 14.0. The Balaban J connectivity index is 0.00000420. The Morgan fingerprint density at radius 2 is 1.90 bits per heavy atom. The van der Waals surface area contributed by atoms with Gasteiger partial charge in [0.2, 0.25) is 0 Å². The van der Waals surface area contributed by atoms with Gasteiger partial charge >= 0.3 is 0 Å². The third-order valence-corrected chi connectivity index (χ3v) is 7.38. The van der Waals surface area contributed by atoms with Gasteiger partial charge in [-0.3, -0.25) is 9.89 Å². The van der Waals surface area contributed by atoms with Crippen LogP contribution in [0.15, 0.2) is 29.3 Å². The smallest absolute Gasteiger partial charge is 0.191 e. The maximum Gasteiger partial charge on any atom is 0.191 e. The molecule has 5 nitrogen and oxygen atoms in total. The van der Waals surface area contributed by atoms with Crippen molar-refractivity contribution < 1.29 is 4.74 Å². The second-order valence-electron chi connectivity index (χ2n) is 7.06. The third-order valence-electron chi connectivity index (χ3n) is 5.62. The lowest BCUT2D eigenvalue weighted by atomic mass is 9.99. The van der Waals surface area contributed by atoms with Crippen LogP contribution in [-0.2, 0) is 4.74 Å². The number of nitrogens with one attached hydrogen (secondary N) is 2. The highest BCUT2D eigenvalue weighted by Crippen LogP contribution is 2.33. The molecule has 0 amide bonds. The molecule has 1 aliphatic heterocycles. The minimum Gasteiger partial charge on any atom is -0.381 e. The van der Waals surface area contributed by atoms with Gasteiger partial charge in [-0.15, -0.1) is 24.0 Å². The molecule has 1 heterocycles. The van der Waals surface area contributed by atoms with Crippen molar-refractivity contribution in [1.82, 2.24) is 15.5 Å². The molecular weight excluding hydrogens is 519 g/mol. The monoisotopic (exact) mass is 554 g/mol. The number of likely N-dealkylation sites (N-methyl/N-ethyl adjacent to an activating group) is 1. The largest absolute Gasteiger partial charge is 0.381 e. The van der Waals surface area contributed by atoms with Crippen molar-refractivity contribution >= 4 is 53.3 Å². The van der Waals surface area contributed by atoms with E-state index in [1.807, 2.05) is 30.9 Å². The predicted molar refractivity (Wildman–Crippen MR) is 138 cm³/mol. The summed E-state index contributed by atoms with van der Waals surface area (Å²) in [6.45, 7) is 9.63. The van der Waals surface area contributed by atoms with E-state index in [9.17, 15) is 0 Å². The van der Waals surface area contributed by atoms with E-state index < -0.39 is 0 Å². The lowest BCUT2D eigenvalue weighted by Gasteiger charge is -2.36. The molecule has 1 atom stereocenters. The van der Waals surface area contributed by atoms with Gasteiger partial charge in [0.1, 0.15) is 0 Å². The molecule has 0 aromatic heterocycles. The number of rotatable bonds is 9. The van der Waals surface area contributed by atoms with Crippen LogP contribution in [-0.4, -0.2) is 68.3 Å². The van der Waals surface area contributed by atoms with Crippen LogP contribution < -0.4 is 10.6 Å². The average Bonchev–Trinajstić information content (AvgIpc) is 2.74. The summed E-state index contributed by atoms with van der Waals surface area (Å²) >= 11 is 8.44. The molecule has 0 saturated carbocycles. The average molecular weight is 555 g/mol. The van der Waals surface area contributed by atoms with Crippen molar-refractivity contribution in [3.8, 4) is 0 Å². The quantitative estimate of drug-likeness (QED) is 0.269. The van der Waals surface area contributed by atoms with Crippen LogP contribution in [0.4, 0.5) is 0 Å². The number of thioether (sulfide) groups is 1. The molecule has 0 radical (unpaired) electrons. The van der Waals surface area contributed by atoms with E-state index in [1.165, 1.54) is 0 Å². The van der Waals surface area contributed by atoms with Gasteiger partial charge in [0.05, 0.1) is 6.04 Å². The summed E-state index contributed by atoms with van der Waals surface area (Å²) in [5.74, 6) is 0.837. The van der Waals surface area contributed by atoms with Gasteiger partial charge in [0.25, 0.3) is 0 Å². The zero-order valence-electron chi connectivity index (χ0n) is 18.0. The van der Waals surface area contributed by atoms with Crippen molar-refractivity contribution in [2.24, 2.45) is 4.99 Å². The molecule has 1 fully saturated rings. The highest BCUT2D eigenvalue weighted by Gasteiger charge is 2.32. The van der Waals surface area contributed by atoms with E-state index in [1.54, 1.807) is 0 Å². The fourth-order valence-electron chi connectivity index (χ4n) is 3.70. The van der Waals surface area contributed by atoms with Crippen LogP contribution in [0.5, 0.6) is 0 Å². The summed E-state index contributed by atoms with van der Waals surface area (Å²) in [4.78, 5) is 6.86. The van der Waals surface area contributed by atoms with Gasteiger partial charge in [0, 0.05) is 43.1 Å². The predicted octanol–water partition coefficient (Wildman–Crippen LogP) is 4.42. The molecule has 1 aliphatic rings. The number of nitrogens with zero attached hydrogens (tertiary/aromatic N) is 2. The molecule has 2 rings (SSSR count). The normalized spacial score (nSPS) is 17.5. The molecule has 29 heavy (non-hydrogen) atoms. The zero-order valence-corrected chi connectivity index (χ0v) is 21.9. The van der Waals surface area contributed by atoms with Crippen molar-refractivity contribution in [2.75, 3.05) is 52.7 Å². The maximum atomic E-state index is 6.51. The van der Waals surface area contributed by atoms with Crippen molar-refractivity contribution in [3.05, 3.63) is 34.9 Å². The van der Waals surface area contributed by atoms with E-state index >= 15 is 0 Å². The molecular formula is C21H36ClIN4OS. The number of halogens is 2. The molecule has 2 N–H and O–H groups in total. The van der Waals surface area contributed by atoms with Gasteiger partial charge < -0.3 is 15.4 Å². The molecule has 0 spiro atoms. The summed E-state index contributed by atoms with van der Waals surface area (Å²) in [6.07, 6.45) is 4.33. The molecule has 166 valence electrons. The molecule has 0 bridgehead atoms. The summed E-state index contributed by atoms with van der Waals surface area (Å²) in [7, 11) is 1.83. The van der Waals surface area contributed by atoms with E-state index in [0.717, 1.165) is 68.8 Å². The van der Waals surface area contributed by atoms with Crippen LogP contribution in [0.25, 0.3) is 0 Å². The van der Waals surface area contributed by atoms with Crippen molar-refractivity contribution in [1.29, 1.82) is 0 Å². The first-order valence-corrected chi connectivity index (χ1v) is 11.7. The summed E-state index contributed by atoms with van der Waals surface area (Å²) in [5, 5.41) is 7.87. The SMILES string of the molecule is CCN(CC)C(CNC(=NC)NCC1(SC)CCOCC1)c1ccccc1Cl.I. The minimum absolute atomic E-state index is 0. The summed E-state index contributed by atoms with van der Waals surface area (Å²) < 4.78 is 5.76. The lowest BCUT2D eigenvalue weighted by molar-refractivity contribution is 0.0782. The fraction of sp³-hybridized carbons (Fsp3) is 0.667. The van der Waals surface area contributed by atoms with Crippen LogP contribution >= 0.6 is 47.3 Å². The first-order valence-electron chi connectivity index (χ1n) is 10.1. The summed E-state index contributed by atoms with van der Waals surface area (Å²) in [5.41, 5.74) is 1.15. The number of aliphatic imine (C=N–C) groups is 1. The second kappa shape index (κ2) is 14.0. The third kappa shape index (κ3) is 7.76. The van der Waals surface area contributed by atoms with Gasteiger partial charge in [-0.2, -0.15) is 11.8 Å². The van der Waals surface area contributed by atoms with Crippen molar-refractivity contribution in [3.63, 3.8) is 0 Å². The Kier molecular flexibility index (Phi) is 12.9. The van der Waals surface area contributed by atoms with Crippen LogP contribution in [0.1, 0.15) is 38.3 Å². The Bertz CT molecular complexity index is 624. The number of hydrogen-bond donors (Lipinski definition) is 2. The first kappa shape index (κ1) is 26.8. The molecule has 1 aromatic rings. The standard InChI is InChI=1S/C21H35ClN4OS.HI/c1-5-26(6-2)19(17-9-7-8-10-18(17)22)15-24-20(23-3)25-16-21(28-4)11-13-27-14-12-21;/h7-10,19H,5-6,11-16H2,1-4H3,(H2,23,24,25);1H. The van der Waals surface area contributed by atoms with Crippen LogP contribution in [0, 0.1) is 0 Å². The topological polar surface area (TPSA) is 48.9 Å². The van der Waals surface area contributed by atoms with Gasteiger partial charge in [-0.05, 0) is 43.8 Å². The Labute approximate surface area is 202 Å². The number of guanidine groups is 1. The molecule has 1 unspecified atom stereocenters. The Hall–Kier alpha value is -0.220. The van der Waals surface area contributed by atoms with E-state index in [-0.39, 0.29) is 34.8 Å². The molecule has 1 saturated heterocycles. The fourth-order valence-corrected chi connectivity index (χ4v) is 4.75. The van der Waals surface area contributed by atoms with Gasteiger partial charge in [-0.25, -0.2) is 0 Å². The lowest BCUT2D eigenvalue weighted by Crippen LogP contribution is -2.49.